The van der Waals surface area contributed by atoms with Crippen LogP contribution in [0.15, 0.2) is 12.2 Å². The van der Waals surface area contributed by atoms with Gasteiger partial charge >= 0.3 is 0 Å². The summed E-state index contributed by atoms with van der Waals surface area (Å²) in [7, 11) is 1.66. The minimum Gasteiger partial charge on any atom is -0.377 e. The van der Waals surface area contributed by atoms with E-state index in [-0.39, 0.29) is 11.6 Å². The van der Waals surface area contributed by atoms with Gasteiger partial charge in [-0.2, -0.15) is 0 Å². The standard InChI is InChI=1S/C8H17NO/c1-6(2)7(9)8(3,4)10-5/h7H,1,9H2,2-5H3. The molecule has 0 aromatic carbocycles. The van der Waals surface area contributed by atoms with E-state index in [1.165, 1.54) is 0 Å². The first-order valence-electron chi connectivity index (χ1n) is 3.38. The molecular weight excluding hydrogens is 126 g/mol. The molecule has 0 saturated carbocycles. The zero-order valence-electron chi connectivity index (χ0n) is 7.27. The van der Waals surface area contributed by atoms with Gasteiger partial charge in [-0.15, -0.1) is 0 Å². The van der Waals surface area contributed by atoms with Gasteiger partial charge in [0.1, 0.15) is 0 Å². The molecule has 1 unspecified atom stereocenters. The zero-order chi connectivity index (χ0) is 8.36. The average Bonchev–Trinajstić information content (AvgIpc) is 1.86. The Balaban J connectivity index is 4.17. The van der Waals surface area contributed by atoms with Crippen LogP contribution in [0.3, 0.4) is 0 Å². The van der Waals surface area contributed by atoms with E-state index < -0.39 is 0 Å². The summed E-state index contributed by atoms with van der Waals surface area (Å²) >= 11 is 0. The van der Waals surface area contributed by atoms with E-state index in [4.69, 9.17) is 10.5 Å². The second-order valence-corrected chi connectivity index (χ2v) is 3.13. The maximum atomic E-state index is 5.78. The number of rotatable bonds is 3. The van der Waals surface area contributed by atoms with E-state index in [0.717, 1.165) is 5.57 Å². The third-order valence-corrected chi connectivity index (χ3v) is 1.81. The van der Waals surface area contributed by atoms with Gasteiger partial charge in [0.25, 0.3) is 0 Å². The van der Waals surface area contributed by atoms with E-state index in [1.807, 2.05) is 20.8 Å². The van der Waals surface area contributed by atoms with E-state index in [9.17, 15) is 0 Å². The summed E-state index contributed by atoms with van der Waals surface area (Å²) in [5, 5.41) is 0. The molecule has 0 saturated heterocycles. The Bertz CT molecular complexity index is 129. The summed E-state index contributed by atoms with van der Waals surface area (Å²) in [5.74, 6) is 0. The van der Waals surface area contributed by atoms with Crippen LogP contribution in [0.2, 0.25) is 0 Å². The minimum absolute atomic E-state index is 0.0856. The van der Waals surface area contributed by atoms with Crippen molar-refractivity contribution in [1.29, 1.82) is 0 Å². The summed E-state index contributed by atoms with van der Waals surface area (Å²) in [6.45, 7) is 9.57. The molecule has 2 N–H and O–H groups in total. The van der Waals surface area contributed by atoms with Crippen LogP contribution in [-0.4, -0.2) is 18.8 Å². The monoisotopic (exact) mass is 143 g/mol. The Morgan fingerprint density at radius 2 is 2.00 bits per heavy atom. The van der Waals surface area contributed by atoms with Crippen molar-refractivity contribution < 1.29 is 4.74 Å². The molecule has 0 fully saturated rings. The highest BCUT2D eigenvalue weighted by atomic mass is 16.5. The molecule has 0 rings (SSSR count). The first-order valence-corrected chi connectivity index (χ1v) is 3.38. The molecule has 0 aliphatic heterocycles. The van der Waals surface area contributed by atoms with Crippen LogP contribution in [-0.2, 0) is 4.74 Å². The molecule has 10 heavy (non-hydrogen) atoms. The lowest BCUT2D eigenvalue weighted by Crippen LogP contribution is -2.45. The predicted molar refractivity (Wildman–Crippen MR) is 43.9 cm³/mol. The number of nitrogens with two attached hydrogens (primary N) is 1. The molecule has 0 heterocycles. The van der Waals surface area contributed by atoms with Gasteiger partial charge in [-0.1, -0.05) is 12.2 Å². The predicted octanol–water partition coefficient (Wildman–Crippen LogP) is 1.31. The summed E-state index contributed by atoms with van der Waals surface area (Å²) in [6, 6.07) is -0.0856. The Morgan fingerprint density at radius 1 is 1.60 bits per heavy atom. The smallest absolute Gasteiger partial charge is 0.0811 e. The van der Waals surface area contributed by atoms with Gasteiger partial charge in [0.05, 0.1) is 11.6 Å². The van der Waals surface area contributed by atoms with Crippen molar-refractivity contribution in [2.45, 2.75) is 32.4 Å². The lowest BCUT2D eigenvalue weighted by Gasteiger charge is -2.30. The van der Waals surface area contributed by atoms with Crippen LogP contribution in [0.4, 0.5) is 0 Å². The Kier molecular flexibility index (Phi) is 3.06. The van der Waals surface area contributed by atoms with Crippen molar-refractivity contribution in [3.05, 3.63) is 12.2 Å². The van der Waals surface area contributed by atoms with Crippen LogP contribution in [0.5, 0.6) is 0 Å². The van der Waals surface area contributed by atoms with Crippen LogP contribution in [0, 0.1) is 0 Å². The summed E-state index contributed by atoms with van der Waals surface area (Å²) in [6.07, 6.45) is 0. The summed E-state index contributed by atoms with van der Waals surface area (Å²) < 4.78 is 5.17. The largest absolute Gasteiger partial charge is 0.377 e. The van der Waals surface area contributed by atoms with Crippen molar-refractivity contribution in [2.24, 2.45) is 5.73 Å². The van der Waals surface area contributed by atoms with Gasteiger partial charge in [0, 0.05) is 7.11 Å². The van der Waals surface area contributed by atoms with E-state index in [2.05, 4.69) is 6.58 Å². The highest BCUT2D eigenvalue weighted by Gasteiger charge is 2.25. The van der Waals surface area contributed by atoms with Crippen molar-refractivity contribution in [2.75, 3.05) is 7.11 Å². The number of ether oxygens (including phenoxy) is 1. The van der Waals surface area contributed by atoms with E-state index in [1.54, 1.807) is 7.11 Å². The number of hydrogen-bond acceptors (Lipinski definition) is 2. The first kappa shape index (κ1) is 9.66. The van der Waals surface area contributed by atoms with Crippen LogP contribution in [0.25, 0.3) is 0 Å². The molecule has 2 heteroatoms. The topological polar surface area (TPSA) is 35.2 Å². The van der Waals surface area contributed by atoms with Crippen LogP contribution >= 0.6 is 0 Å². The van der Waals surface area contributed by atoms with Crippen molar-refractivity contribution in [1.82, 2.24) is 0 Å². The van der Waals surface area contributed by atoms with E-state index >= 15 is 0 Å². The van der Waals surface area contributed by atoms with Gasteiger partial charge < -0.3 is 10.5 Å². The third-order valence-electron chi connectivity index (χ3n) is 1.81. The average molecular weight is 143 g/mol. The summed E-state index contributed by atoms with van der Waals surface area (Å²) in [4.78, 5) is 0. The second kappa shape index (κ2) is 3.17. The Hall–Kier alpha value is -0.340. The van der Waals surface area contributed by atoms with Crippen molar-refractivity contribution in [3.63, 3.8) is 0 Å². The molecule has 2 nitrogen and oxygen atoms in total. The normalized spacial score (nSPS) is 14.9. The SMILES string of the molecule is C=C(C)C(N)C(C)(C)OC. The molecule has 0 amide bonds. The van der Waals surface area contributed by atoms with Crippen LogP contribution < -0.4 is 5.73 Å². The molecule has 0 aliphatic carbocycles. The molecule has 60 valence electrons. The van der Waals surface area contributed by atoms with Gasteiger partial charge in [0.2, 0.25) is 0 Å². The number of methoxy groups -OCH3 is 1. The molecular formula is C8H17NO. The molecule has 0 aromatic rings. The summed E-state index contributed by atoms with van der Waals surface area (Å²) in [5.41, 5.74) is 6.43. The maximum absolute atomic E-state index is 5.78. The molecule has 0 radical (unpaired) electrons. The fourth-order valence-electron chi connectivity index (χ4n) is 0.720. The van der Waals surface area contributed by atoms with Gasteiger partial charge in [-0.05, 0) is 20.8 Å². The molecule has 0 aromatic heterocycles. The Morgan fingerprint density at radius 3 is 2.10 bits per heavy atom. The van der Waals surface area contributed by atoms with Crippen LogP contribution in [0.1, 0.15) is 20.8 Å². The Labute approximate surface area is 63.1 Å². The van der Waals surface area contributed by atoms with E-state index in [0.29, 0.717) is 0 Å². The van der Waals surface area contributed by atoms with Gasteiger partial charge in [0.15, 0.2) is 0 Å². The minimum atomic E-state index is -0.300. The zero-order valence-corrected chi connectivity index (χ0v) is 7.27. The third kappa shape index (κ3) is 2.12. The number of hydrogen-bond donors (Lipinski definition) is 1. The second-order valence-electron chi connectivity index (χ2n) is 3.13. The molecule has 0 bridgehead atoms. The molecule has 0 aliphatic rings. The van der Waals surface area contributed by atoms with Gasteiger partial charge in [-0.25, -0.2) is 0 Å². The fraction of sp³-hybridized carbons (Fsp3) is 0.750. The lowest BCUT2D eigenvalue weighted by atomic mass is 9.94. The van der Waals surface area contributed by atoms with Crippen molar-refractivity contribution >= 4 is 0 Å². The quantitative estimate of drug-likeness (QED) is 0.605. The van der Waals surface area contributed by atoms with Crippen molar-refractivity contribution in [3.8, 4) is 0 Å². The molecule has 1 atom stereocenters. The van der Waals surface area contributed by atoms with Gasteiger partial charge in [-0.3, -0.25) is 0 Å². The highest BCUT2D eigenvalue weighted by Crippen LogP contribution is 2.16. The molecule has 0 spiro atoms. The highest BCUT2D eigenvalue weighted by molar-refractivity contribution is 5.07. The maximum Gasteiger partial charge on any atom is 0.0811 e. The lowest BCUT2D eigenvalue weighted by molar-refractivity contribution is 0.00992. The first-order chi connectivity index (χ1) is 4.41. The fourth-order valence-corrected chi connectivity index (χ4v) is 0.720.